The Hall–Kier alpha value is -2.77. The number of benzene rings is 2. The summed E-state index contributed by atoms with van der Waals surface area (Å²) in [7, 11) is -3.65. The van der Waals surface area contributed by atoms with Crippen molar-refractivity contribution in [3.63, 3.8) is 0 Å². The lowest BCUT2D eigenvalue weighted by Gasteiger charge is -2.07. The van der Waals surface area contributed by atoms with Crippen LogP contribution >= 0.6 is 0 Å². The molecule has 7 heteroatoms. The zero-order valence-electron chi connectivity index (χ0n) is 15.3. The molecule has 1 aliphatic rings. The second-order valence-corrected chi connectivity index (χ2v) is 8.59. The molecule has 6 nitrogen and oxygen atoms in total. The molecule has 1 aliphatic carbocycles. The van der Waals surface area contributed by atoms with Gasteiger partial charge in [-0.2, -0.15) is 0 Å². The fourth-order valence-corrected chi connectivity index (χ4v) is 3.94. The lowest BCUT2D eigenvalue weighted by Crippen LogP contribution is -2.11. The van der Waals surface area contributed by atoms with E-state index >= 15 is 0 Å². The van der Waals surface area contributed by atoms with Crippen molar-refractivity contribution in [2.75, 3.05) is 11.9 Å². The number of anilines is 1. The van der Waals surface area contributed by atoms with E-state index in [1.54, 1.807) is 18.3 Å². The molecule has 3 aromatic rings. The molecule has 0 aliphatic heterocycles. The van der Waals surface area contributed by atoms with E-state index in [2.05, 4.69) is 27.4 Å². The van der Waals surface area contributed by atoms with Gasteiger partial charge in [0, 0.05) is 24.4 Å². The van der Waals surface area contributed by atoms with Crippen LogP contribution in [0.3, 0.4) is 0 Å². The molecular weight excluding hydrogens is 372 g/mol. The van der Waals surface area contributed by atoms with Crippen LogP contribution in [0.25, 0.3) is 0 Å². The van der Waals surface area contributed by atoms with Crippen molar-refractivity contribution in [3.05, 3.63) is 83.7 Å². The van der Waals surface area contributed by atoms with Gasteiger partial charge >= 0.3 is 0 Å². The molecule has 28 heavy (non-hydrogen) atoms. The van der Waals surface area contributed by atoms with E-state index in [4.69, 9.17) is 5.14 Å². The highest BCUT2D eigenvalue weighted by Gasteiger charge is 2.40. The van der Waals surface area contributed by atoms with Crippen LogP contribution in [0.15, 0.2) is 71.8 Å². The third kappa shape index (κ3) is 4.37. The SMILES string of the molecule is NS(=O)(=O)c1ccc(C2CC2c2ccnc(NCCc3ccccc3)n2)cc1. The number of hydrogen-bond acceptors (Lipinski definition) is 5. The van der Waals surface area contributed by atoms with Gasteiger partial charge in [0.15, 0.2) is 0 Å². The van der Waals surface area contributed by atoms with Gasteiger partial charge in [-0.25, -0.2) is 23.5 Å². The van der Waals surface area contributed by atoms with Crippen molar-refractivity contribution in [3.8, 4) is 0 Å². The Bertz CT molecular complexity index is 1050. The van der Waals surface area contributed by atoms with E-state index in [0.717, 1.165) is 30.6 Å². The van der Waals surface area contributed by atoms with Gasteiger partial charge in [-0.1, -0.05) is 42.5 Å². The van der Waals surface area contributed by atoms with Crippen LogP contribution in [0, 0.1) is 0 Å². The molecule has 1 saturated carbocycles. The molecule has 0 amide bonds. The van der Waals surface area contributed by atoms with Crippen LogP contribution in [0.5, 0.6) is 0 Å². The Labute approximate surface area is 164 Å². The summed E-state index contributed by atoms with van der Waals surface area (Å²) in [5, 5.41) is 8.45. The van der Waals surface area contributed by atoms with Gasteiger partial charge in [-0.05, 0) is 48.1 Å². The summed E-state index contributed by atoms with van der Waals surface area (Å²) in [6.45, 7) is 0.774. The number of rotatable bonds is 7. The summed E-state index contributed by atoms with van der Waals surface area (Å²) in [6.07, 6.45) is 3.69. The van der Waals surface area contributed by atoms with Crippen molar-refractivity contribution < 1.29 is 8.42 Å². The summed E-state index contributed by atoms with van der Waals surface area (Å²) in [6, 6.07) is 19.1. The van der Waals surface area contributed by atoms with Crippen molar-refractivity contribution in [1.29, 1.82) is 0 Å². The smallest absolute Gasteiger partial charge is 0.238 e. The second-order valence-electron chi connectivity index (χ2n) is 7.03. The average molecular weight is 395 g/mol. The normalized spacial score (nSPS) is 18.6. The molecule has 0 spiro atoms. The molecule has 144 valence electrons. The molecule has 3 N–H and O–H groups in total. The molecule has 1 heterocycles. The summed E-state index contributed by atoms with van der Waals surface area (Å²) in [5.74, 6) is 1.32. The van der Waals surface area contributed by atoms with E-state index in [9.17, 15) is 8.42 Å². The first-order valence-electron chi connectivity index (χ1n) is 9.24. The number of sulfonamides is 1. The quantitative estimate of drug-likeness (QED) is 0.642. The highest BCUT2D eigenvalue weighted by molar-refractivity contribution is 7.89. The summed E-state index contributed by atoms with van der Waals surface area (Å²) in [4.78, 5) is 9.11. The van der Waals surface area contributed by atoms with E-state index in [1.165, 1.54) is 5.56 Å². The van der Waals surface area contributed by atoms with E-state index in [0.29, 0.717) is 17.8 Å². The molecular formula is C21H22N4O2S. The van der Waals surface area contributed by atoms with Gasteiger partial charge in [0.25, 0.3) is 0 Å². The average Bonchev–Trinajstić information content (AvgIpc) is 3.50. The number of aromatic nitrogens is 2. The van der Waals surface area contributed by atoms with Gasteiger partial charge < -0.3 is 5.32 Å². The zero-order valence-corrected chi connectivity index (χ0v) is 16.1. The number of hydrogen-bond donors (Lipinski definition) is 2. The predicted octanol–water partition coefficient (Wildman–Crippen LogP) is 3.05. The second kappa shape index (κ2) is 7.69. The molecule has 2 aromatic carbocycles. The van der Waals surface area contributed by atoms with Gasteiger partial charge in [-0.15, -0.1) is 0 Å². The maximum absolute atomic E-state index is 11.4. The maximum atomic E-state index is 11.4. The molecule has 4 rings (SSSR count). The van der Waals surface area contributed by atoms with Crippen LogP contribution in [0.1, 0.15) is 35.1 Å². The van der Waals surface area contributed by atoms with Crippen LogP contribution in [0.2, 0.25) is 0 Å². The zero-order chi connectivity index (χ0) is 19.6. The summed E-state index contributed by atoms with van der Waals surface area (Å²) < 4.78 is 22.8. The summed E-state index contributed by atoms with van der Waals surface area (Å²) >= 11 is 0. The highest BCUT2D eigenvalue weighted by Crippen LogP contribution is 2.54. The largest absolute Gasteiger partial charge is 0.354 e. The number of nitrogens with zero attached hydrogens (tertiary/aromatic N) is 2. The first-order valence-corrected chi connectivity index (χ1v) is 10.8. The molecule has 2 unspecified atom stereocenters. The minimum absolute atomic E-state index is 0.139. The van der Waals surface area contributed by atoms with Crippen LogP contribution in [-0.4, -0.2) is 24.9 Å². The van der Waals surface area contributed by atoms with Gasteiger partial charge in [0.05, 0.1) is 4.90 Å². The van der Waals surface area contributed by atoms with E-state index in [-0.39, 0.29) is 4.90 Å². The lowest BCUT2D eigenvalue weighted by atomic mass is 10.1. The molecule has 1 aromatic heterocycles. The van der Waals surface area contributed by atoms with Crippen LogP contribution in [-0.2, 0) is 16.4 Å². The Morgan fingerprint density at radius 2 is 1.75 bits per heavy atom. The van der Waals surface area contributed by atoms with Crippen molar-refractivity contribution >= 4 is 16.0 Å². The highest BCUT2D eigenvalue weighted by atomic mass is 32.2. The van der Waals surface area contributed by atoms with E-state index < -0.39 is 10.0 Å². The van der Waals surface area contributed by atoms with E-state index in [1.807, 2.05) is 36.4 Å². The first-order chi connectivity index (χ1) is 13.5. The fraction of sp³-hybridized carbons (Fsp3) is 0.238. The Morgan fingerprint density at radius 1 is 1.00 bits per heavy atom. The molecule has 2 atom stereocenters. The van der Waals surface area contributed by atoms with Crippen molar-refractivity contribution in [1.82, 2.24) is 9.97 Å². The van der Waals surface area contributed by atoms with Gasteiger partial charge in [0.2, 0.25) is 16.0 Å². The minimum atomic E-state index is -3.65. The third-order valence-electron chi connectivity index (χ3n) is 5.02. The maximum Gasteiger partial charge on any atom is 0.238 e. The van der Waals surface area contributed by atoms with Crippen molar-refractivity contribution in [2.45, 2.75) is 29.6 Å². The lowest BCUT2D eigenvalue weighted by molar-refractivity contribution is 0.598. The third-order valence-corrected chi connectivity index (χ3v) is 5.95. The minimum Gasteiger partial charge on any atom is -0.354 e. The molecule has 0 radical (unpaired) electrons. The number of nitrogens with two attached hydrogens (primary N) is 1. The Balaban J connectivity index is 1.37. The van der Waals surface area contributed by atoms with Crippen LogP contribution < -0.4 is 10.5 Å². The van der Waals surface area contributed by atoms with Gasteiger partial charge in [0.1, 0.15) is 0 Å². The first kappa shape index (κ1) is 18.6. The monoisotopic (exact) mass is 394 g/mol. The number of nitrogens with one attached hydrogen (secondary N) is 1. The molecule has 0 saturated heterocycles. The van der Waals surface area contributed by atoms with Crippen molar-refractivity contribution in [2.24, 2.45) is 5.14 Å². The Morgan fingerprint density at radius 3 is 2.46 bits per heavy atom. The van der Waals surface area contributed by atoms with Gasteiger partial charge in [-0.3, -0.25) is 0 Å². The fourth-order valence-electron chi connectivity index (χ4n) is 3.42. The molecule has 0 bridgehead atoms. The summed E-state index contributed by atoms with van der Waals surface area (Å²) in [5.41, 5.74) is 3.39. The van der Waals surface area contributed by atoms with Crippen LogP contribution in [0.4, 0.5) is 5.95 Å². The Kier molecular flexibility index (Phi) is 5.11. The predicted molar refractivity (Wildman–Crippen MR) is 109 cm³/mol. The standard InChI is InChI=1S/C21H22N4O2S/c22-28(26,27)17-8-6-16(7-9-17)18-14-19(18)20-11-13-24-21(25-20)23-12-10-15-4-2-1-3-5-15/h1-9,11,13,18-19H,10,12,14H2,(H2,22,26,27)(H,23,24,25). The topological polar surface area (TPSA) is 98.0 Å². The number of primary sulfonamides is 1. The molecule has 1 fully saturated rings.